The molecule has 2 amide bonds. The van der Waals surface area contributed by atoms with Crippen molar-refractivity contribution in [2.24, 2.45) is 5.92 Å². The second-order valence-electron chi connectivity index (χ2n) is 5.81. The molecule has 0 bridgehead atoms. The van der Waals surface area contributed by atoms with Crippen LogP contribution in [0.5, 0.6) is 11.5 Å². The number of hydrogen-bond acceptors (Lipinski definition) is 3. The zero-order chi connectivity index (χ0) is 16.8. The monoisotopic (exact) mass is 324 g/mol. The first-order chi connectivity index (χ1) is 11.7. The van der Waals surface area contributed by atoms with Gasteiger partial charge in [-0.2, -0.15) is 0 Å². The van der Waals surface area contributed by atoms with Crippen molar-refractivity contribution in [1.82, 2.24) is 5.32 Å². The molecule has 1 fully saturated rings. The predicted molar refractivity (Wildman–Crippen MR) is 91.9 cm³/mol. The van der Waals surface area contributed by atoms with E-state index in [4.69, 9.17) is 4.74 Å². The Bertz CT molecular complexity index is 712. The van der Waals surface area contributed by atoms with E-state index >= 15 is 0 Å². The minimum atomic E-state index is -0.271. The van der Waals surface area contributed by atoms with Crippen LogP contribution in [0.15, 0.2) is 54.6 Å². The minimum Gasteiger partial charge on any atom is -0.455 e. The first-order valence-corrected chi connectivity index (χ1v) is 8.12. The molecule has 24 heavy (non-hydrogen) atoms. The van der Waals surface area contributed by atoms with E-state index in [1.165, 1.54) is 0 Å². The van der Waals surface area contributed by atoms with Crippen molar-refractivity contribution >= 4 is 17.5 Å². The number of para-hydroxylation sites is 3. The van der Waals surface area contributed by atoms with E-state index in [9.17, 15) is 9.59 Å². The Labute approximate surface area is 141 Å². The van der Waals surface area contributed by atoms with E-state index in [1.54, 1.807) is 12.1 Å². The van der Waals surface area contributed by atoms with Crippen LogP contribution in [0, 0.1) is 5.92 Å². The highest BCUT2D eigenvalue weighted by atomic mass is 16.5. The predicted octanol–water partition coefficient (Wildman–Crippen LogP) is 3.33. The van der Waals surface area contributed by atoms with Crippen LogP contribution >= 0.6 is 0 Å². The maximum atomic E-state index is 12.1. The Morgan fingerprint density at radius 2 is 1.71 bits per heavy atom. The Balaban J connectivity index is 1.58. The highest BCUT2D eigenvalue weighted by Gasteiger charge is 2.25. The molecule has 0 spiro atoms. The van der Waals surface area contributed by atoms with Crippen molar-refractivity contribution in [1.29, 1.82) is 0 Å². The molecule has 2 aromatic rings. The van der Waals surface area contributed by atoms with Crippen molar-refractivity contribution in [3.8, 4) is 11.5 Å². The summed E-state index contributed by atoms with van der Waals surface area (Å²) in [5.74, 6) is 1.02. The molecule has 2 aromatic carbocycles. The van der Waals surface area contributed by atoms with Crippen molar-refractivity contribution in [2.75, 3.05) is 11.9 Å². The molecule has 1 saturated carbocycles. The van der Waals surface area contributed by atoms with Gasteiger partial charge in [0.15, 0.2) is 5.75 Å². The Morgan fingerprint density at radius 1 is 1.00 bits per heavy atom. The van der Waals surface area contributed by atoms with Crippen molar-refractivity contribution in [2.45, 2.75) is 19.3 Å². The smallest absolute Gasteiger partial charge is 0.243 e. The average Bonchev–Trinajstić information content (AvgIpc) is 2.54. The number of carbonyl (C=O) groups is 2. The molecular weight excluding hydrogens is 304 g/mol. The lowest BCUT2D eigenvalue weighted by atomic mass is 9.85. The minimum absolute atomic E-state index is 0.0327. The van der Waals surface area contributed by atoms with Gasteiger partial charge in [-0.05, 0) is 37.1 Å². The van der Waals surface area contributed by atoms with Crippen LogP contribution in [0.4, 0.5) is 5.69 Å². The van der Waals surface area contributed by atoms with E-state index in [1.807, 2.05) is 42.5 Å². The number of nitrogens with one attached hydrogen (secondary N) is 2. The standard InChI is InChI=1S/C19H20N2O3/c22-18(13-20-19(23)14-7-6-8-14)21-16-11-4-5-12-17(16)24-15-9-2-1-3-10-15/h1-5,9-12,14H,6-8,13H2,(H,20,23)(H,21,22). The van der Waals surface area contributed by atoms with Crippen LogP contribution in [-0.4, -0.2) is 18.4 Å². The summed E-state index contributed by atoms with van der Waals surface area (Å²) in [6, 6.07) is 16.6. The maximum Gasteiger partial charge on any atom is 0.243 e. The zero-order valence-electron chi connectivity index (χ0n) is 13.3. The first kappa shape index (κ1) is 16.1. The molecule has 0 saturated heterocycles. The summed E-state index contributed by atoms with van der Waals surface area (Å²) in [4.78, 5) is 23.8. The highest BCUT2D eigenvalue weighted by Crippen LogP contribution is 2.29. The number of carbonyl (C=O) groups excluding carboxylic acids is 2. The van der Waals surface area contributed by atoms with Crippen LogP contribution in [-0.2, 0) is 9.59 Å². The second kappa shape index (κ2) is 7.64. The number of amides is 2. The fraction of sp³-hybridized carbons (Fsp3) is 0.263. The normalized spacial score (nSPS) is 13.7. The molecular formula is C19H20N2O3. The van der Waals surface area contributed by atoms with Gasteiger partial charge in [-0.25, -0.2) is 0 Å². The summed E-state index contributed by atoms with van der Waals surface area (Å²) in [5.41, 5.74) is 0.573. The van der Waals surface area contributed by atoms with Crippen LogP contribution in [0.25, 0.3) is 0 Å². The van der Waals surface area contributed by atoms with Gasteiger partial charge in [-0.3, -0.25) is 9.59 Å². The molecule has 1 aliphatic carbocycles. The molecule has 5 heteroatoms. The quantitative estimate of drug-likeness (QED) is 0.856. The molecule has 0 aromatic heterocycles. The molecule has 0 heterocycles. The largest absolute Gasteiger partial charge is 0.455 e. The summed E-state index contributed by atoms with van der Waals surface area (Å²) in [6.45, 7) is -0.0327. The molecule has 3 rings (SSSR count). The third kappa shape index (κ3) is 4.13. The van der Waals surface area contributed by atoms with E-state index in [-0.39, 0.29) is 24.3 Å². The third-order valence-electron chi connectivity index (χ3n) is 4.03. The SMILES string of the molecule is O=C(CNC(=O)C1CCC1)Nc1ccccc1Oc1ccccc1. The number of benzene rings is 2. The van der Waals surface area contributed by atoms with Gasteiger partial charge in [-0.15, -0.1) is 0 Å². The van der Waals surface area contributed by atoms with Crippen molar-refractivity contribution < 1.29 is 14.3 Å². The molecule has 0 atom stereocenters. The second-order valence-corrected chi connectivity index (χ2v) is 5.81. The Hall–Kier alpha value is -2.82. The van der Waals surface area contributed by atoms with Gasteiger partial charge < -0.3 is 15.4 Å². The Kier molecular flexibility index (Phi) is 5.11. The van der Waals surface area contributed by atoms with Gasteiger partial charge in [0.05, 0.1) is 12.2 Å². The summed E-state index contributed by atoms with van der Waals surface area (Å²) in [7, 11) is 0. The van der Waals surface area contributed by atoms with Crippen LogP contribution in [0.2, 0.25) is 0 Å². The van der Waals surface area contributed by atoms with Gasteiger partial charge >= 0.3 is 0 Å². The van der Waals surface area contributed by atoms with Crippen LogP contribution in [0.1, 0.15) is 19.3 Å². The summed E-state index contributed by atoms with van der Waals surface area (Å²) in [5, 5.41) is 5.46. The highest BCUT2D eigenvalue weighted by molar-refractivity contribution is 5.96. The molecule has 0 aliphatic heterocycles. The van der Waals surface area contributed by atoms with E-state index < -0.39 is 0 Å². The van der Waals surface area contributed by atoms with Gasteiger partial charge in [0.25, 0.3) is 0 Å². The zero-order valence-corrected chi connectivity index (χ0v) is 13.3. The average molecular weight is 324 g/mol. The van der Waals surface area contributed by atoms with Gasteiger partial charge in [-0.1, -0.05) is 36.8 Å². The number of hydrogen-bond donors (Lipinski definition) is 2. The van der Waals surface area contributed by atoms with Crippen molar-refractivity contribution in [3.63, 3.8) is 0 Å². The van der Waals surface area contributed by atoms with Gasteiger partial charge in [0.1, 0.15) is 5.75 Å². The van der Waals surface area contributed by atoms with E-state index in [0.29, 0.717) is 17.2 Å². The number of ether oxygens (including phenoxy) is 1. The van der Waals surface area contributed by atoms with Crippen LogP contribution < -0.4 is 15.4 Å². The van der Waals surface area contributed by atoms with Gasteiger partial charge in [0.2, 0.25) is 11.8 Å². The molecule has 0 unspecified atom stereocenters. The number of anilines is 1. The van der Waals surface area contributed by atoms with E-state index in [0.717, 1.165) is 19.3 Å². The lowest BCUT2D eigenvalue weighted by molar-refractivity contribution is -0.129. The topological polar surface area (TPSA) is 67.4 Å². The summed E-state index contributed by atoms with van der Waals surface area (Å²) >= 11 is 0. The Morgan fingerprint density at radius 3 is 2.42 bits per heavy atom. The molecule has 1 aliphatic rings. The lowest BCUT2D eigenvalue weighted by Crippen LogP contribution is -2.39. The van der Waals surface area contributed by atoms with Crippen LogP contribution in [0.3, 0.4) is 0 Å². The van der Waals surface area contributed by atoms with Crippen molar-refractivity contribution in [3.05, 3.63) is 54.6 Å². The van der Waals surface area contributed by atoms with Gasteiger partial charge in [0, 0.05) is 5.92 Å². The summed E-state index contributed by atoms with van der Waals surface area (Å²) in [6.07, 6.45) is 2.93. The fourth-order valence-electron chi connectivity index (χ4n) is 2.45. The third-order valence-corrected chi connectivity index (χ3v) is 4.03. The lowest BCUT2D eigenvalue weighted by Gasteiger charge is -2.23. The fourth-order valence-corrected chi connectivity index (χ4v) is 2.45. The van der Waals surface area contributed by atoms with E-state index in [2.05, 4.69) is 10.6 Å². The summed E-state index contributed by atoms with van der Waals surface area (Å²) < 4.78 is 5.80. The molecule has 2 N–H and O–H groups in total. The molecule has 124 valence electrons. The number of rotatable bonds is 6. The maximum absolute atomic E-state index is 12.1. The molecule has 0 radical (unpaired) electrons. The molecule has 5 nitrogen and oxygen atoms in total. The first-order valence-electron chi connectivity index (χ1n) is 8.12.